The van der Waals surface area contributed by atoms with E-state index < -0.39 is 25.5 Å². The second kappa shape index (κ2) is 8.21. The predicted octanol–water partition coefficient (Wildman–Crippen LogP) is 2.46. The van der Waals surface area contributed by atoms with Gasteiger partial charge in [0.15, 0.2) is 0 Å². The first-order valence-corrected chi connectivity index (χ1v) is 12.8. The molecule has 0 aromatic rings. The Morgan fingerprint density at radius 1 is 1.42 bits per heavy atom. The molecule has 0 radical (unpaired) electrons. The molecule has 0 saturated carbocycles. The Balaban J connectivity index is 2.50. The van der Waals surface area contributed by atoms with Gasteiger partial charge in [-0.15, -0.1) is 0 Å². The Labute approximate surface area is 123 Å². The van der Waals surface area contributed by atoms with E-state index in [0.29, 0.717) is 13.0 Å². The standard InChI is InChI=1S/C13H24AsNO3S/c1-4-14(5-2)19-9-10(3)12(16)15-8-6-7-11(15)13(17)18/h10-11H,4-9H2,1-3H3,(H,17,18)/t10-,11-/m0/s1. The number of likely N-dealkylation sites (tertiary alicyclic amines) is 1. The number of hydrogen-bond acceptors (Lipinski definition) is 3. The van der Waals surface area contributed by atoms with Crippen LogP contribution in [0.4, 0.5) is 0 Å². The van der Waals surface area contributed by atoms with E-state index in [2.05, 4.69) is 13.8 Å². The third kappa shape index (κ3) is 4.71. The Hall–Kier alpha value is -0.152. The van der Waals surface area contributed by atoms with Gasteiger partial charge in [0.1, 0.15) is 0 Å². The summed E-state index contributed by atoms with van der Waals surface area (Å²) in [6, 6.07) is -0.592. The Morgan fingerprint density at radius 2 is 2.05 bits per heavy atom. The molecule has 19 heavy (non-hydrogen) atoms. The van der Waals surface area contributed by atoms with Gasteiger partial charge in [-0.2, -0.15) is 0 Å². The van der Waals surface area contributed by atoms with E-state index in [1.807, 2.05) is 16.9 Å². The van der Waals surface area contributed by atoms with Crippen molar-refractivity contribution < 1.29 is 14.7 Å². The molecule has 6 heteroatoms. The Bertz CT molecular complexity index is 323. The molecule has 0 aromatic heterocycles. The third-order valence-corrected chi connectivity index (χ3v) is 13.3. The van der Waals surface area contributed by atoms with Crippen LogP contribution in [0.3, 0.4) is 0 Å². The van der Waals surface area contributed by atoms with Crippen molar-refractivity contribution >= 4 is 35.4 Å². The van der Waals surface area contributed by atoms with Crippen LogP contribution in [0.25, 0.3) is 0 Å². The number of aliphatic carboxylic acids is 1. The third-order valence-electron chi connectivity index (χ3n) is 3.46. The summed E-state index contributed by atoms with van der Waals surface area (Å²) < 4.78 is 0. The maximum absolute atomic E-state index is 12.3. The zero-order chi connectivity index (χ0) is 14.4. The number of carboxylic acids is 1. The molecule has 1 rings (SSSR count). The molecule has 1 amide bonds. The van der Waals surface area contributed by atoms with Gasteiger partial charge >= 0.3 is 123 Å². The predicted molar refractivity (Wildman–Crippen MR) is 80.7 cm³/mol. The van der Waals surface area contributed by atoms with Crippen molar-refractivity contribution in [2.75, 3.05) is 12.3 Å². The molecule has 1 heterocycles. The van der Waals surface area contributed by atoms with Gasteiger partial charge in [0.2, 0.25) is 0 Å². The molecule has 1 aliphatic heterocycles. The molecular formula is C13H24AsNO3S. The maximum atomic E-state index is 12.3. The van der Waals surface area contributed by atoms with E-state index in [1.165, 1.54) is 10.4 Å². The molecule has 0 spiro atoms. The molecule has 2 atom stereocenters. The summed E-state index contributed by atoms with van der Waals surface area (Å²) in [6.07, 6.45) is 1.41. The van der Waals surface area contributed by atoms with Crippen LogP contribution in [0.15, 0.2) is 0 Å². The van der Waals surface area contributed by atoms with E-state index >= 15 is 0 Å². The number of amides is 1. The van der Waals surface area contributed by atoms with Crippen molar-refractivity contribution in [3.05, 3.63) is 0 Å². The molecule has 1 saturated heterocycles. The second-order valence-electron chi connectivity index (χ2n) is 4.84. The van der Waals surface area contributed by atoms with E-state index in [1.54, 1.807) is 4.90 Å². The van der Waals surface area contributed by atoms with Crippen LogP contribution < -0.4 is 0 Å². The van der Waals surface area contributed by atoms with Crippen LogP contribution in [-0.2, 0) is 9.59 Å². The van der Waals surface area contributed by atoms with E-state index in [9.17, 15) is 9.59 Å². The van der Waals surface area contributed by atoms with E-state index in [4.69, 9.17) is 5.11 Å². The van der Waals surface area contributed by atoms with Crippen molar-refractivity contribution in [3.63, 3.8) is 0 Å². The average Bonchev–Trinajstić information content (AvgIpc) is 2.88. The first-order chi connectivity index (χ1) is 9.01. The van der Waals surface area contributed by atoms with Crippen molar-refractivity contribution in [3.8, 4) is 0 Å². The Morgan fingerprint density at radius 3 is 2.58 bits per heavy atom. The molecule has 1 fully saturated rings. The van der Waals surface area contributed by atoms with Gasteiger partial charge in [0.05, 0.1) is 0 Å². The minimum absolute atomic E-state index is 0.0264. The van der Waals surface area contributed by atoms with Crippen LogP contribution in [-0.4, -0.2) is 53.7 Å². The van der Waals surface area contributed by atoms with Crippen LogP contribution in [0.1, 0.15) is 33.6 Å². The number of rotatable bonds is 7. The van der Waals surface area contributed by atoms with Gasteiger partial charge in [-0.3, -0.25) is 0 Å². The molecule has 0 aromatic carbocycles. The Kier molecular flexibility index (Phi) is 7.30. The van der Waals surface area contributed by atoms with Crippen molar-refractivity contribution in [2.24, 2.45) is 5.92 Å². The quantitative estimate of drug-likeness (QED) is 0.718. The second-order valence-corrected chi connectivity index (χ2v) is 14.4. The topological polar surface area (TPSA) is 57.6 Å². The molecule has 4 nitrogen and oxygen atoms in total. The fourth-order valence-corrected chi connectivity index (χ4v) is 9.18. The van der Waals surface area contributed by atoms with Gasteiger partial charge in [-0.05, 0) is 0 Å². The molecule has 0 unspecified atom stereocenters. The first kappa shape index (κ1) is 16.9. The summed E-state index contributed by atoms with van der Waals surface area (Å²) in [5.74, 6) is -0.0392. The monoisotopic (exact) mass is 349 g/mol. The summed E-state index contributed by atoms with van der Waals surface area (Å²) in [5, 5.41) is 11.6. The number of carboxylic acid groups (broad SMARTS) is 1. The zero-order valence-electron chi connectivity index (χ0n) is 12.0. The molecule has 110 valence electrons. The van der Waals surface area contributed by atoms with Crippen molar-refractivity contribution in [2.45, 2.75) is 50.1 Å². The number of carbonyl (C=O) groups is 2. The summed E-state index contributed by atoms with van der Waals surface area (Å²) in [7, 11) is 1.98. The van der Waals surface area contributed by atoms with Crippen LogP contribution in [0.2, 0.25) is 10.4 Å². The van der Waals surface area contributed by atoms with Crippen LogP contribution in [0.5, 0.6) is 0 Å². The SMILES string of the molecule is CC[As](CC)SC[C@H](C)C(=O)N1CCC[C@H]1C(=O)O. The van der Waals surface area contributed by atoms with Crippen LogP contribution >= 0.6 is 10.0 Å². The van der Waals surface area contributed by atoms with E-state index in [0.717, 1.165) is 12.2 Å². The molecule has 1 N–H and O–H groups in total. The van der Waals surface area contributed by atoms with Gasteiger partial charge in [-0.25, -0.2) is 0 Å². The summed E-state index contributed by atoms with van der Waals surface area (Å²) in [6.45, 7) is 6.99. The number of hydrogen-bond donors (Lipinski definition) is 1. The molecule has 0 bridgehead atoms. The summed E-state index contributed by atoms with van der Waals surface area (Å²) in [5.41, 5.74) is 0. The molecule has 0 aliphatic carbocycles. The number of nitrogens with zero attached hydrogens (tertiary/aromatic N) is 1. The van der Waals surface area contributed by atoms with Crippen molar-refractivity contribution in [1.82, 2.24) is 4.90 Å². The van der Waals surface area contributed by atoms with Gasteiger partial charge in [0, 0.05) is 0 Å². The fraction of sp³-hybridized carbons (Fsp3) is 0.846. The molecule has 1 aliphatic rings. The normalized spacial score (nSPS) is 20.8. The van der Waals surface area contributed by atoms with Gasteiger partial charge in [-0.1, -0.05) is 0 Å². The van der Waals surface area contributed by atoms with E-state index in [-0.39, 0.29) is 11.8 Å². The summed E-state index contributed by atoms with van der Waals surface area (Å²) >= 11 is -0.795. The minimum atomic E-state index is -0.861. The van der Waals surface area contributed by atoms with Crippen LogP contribution in [0, 0.1) is 5.92 Å². The average molecular weight is 349 g/mol. The first-order valence-electron chi connectivity index (χ1n) is 6.92. The number of carbonyl (C=O) groups excluding carboxylic acids is 1. The fourth-order valence-electron chi connectivity index (χ4n) is 2.26. The molecular weight excluding hydrogens is 325 g/mol. The van der Waals surface area contributed by atoms with Gasteiger partial charge < -0.3 is 0 Å². The summed E-state index contributed by atoms with van der Waals surface area (Å²) in [4.78, 5) is 25.0. The van der Waals surface area contributed by atoms with Crippen molar-refractivity contribution in [1.29, 1.82) is 0 Å². The van der Waals surface area contributed by atoms with Gasteiger partial charge in [0.25, 0.3) is 0 Å². The zero-order valence-corrected chi connectivity index (χ0v) is 14.7.